The maximum Gasteiger partial charge on any atom is 0.223 e. The summed E-state index contributed by atoms with van der Waals surface area (Å²) in [6.45, 7) is 5.79. The second-order valence-corrected chi connectivity index (χ2v) is 4.08. The molecule has 1 aromatic heterocycles. The number of carbonyl (C=O) groups excluding carboxylic acids is 1. The second-order valence-electron chi connectivity index (χ2n) is 4.08. The summed E-state index contributed by atoms with van der Waals surface area (Å²) in [5, 5.41) is 10.6. The number of aromatic nitrogens is 3. The Morgan fingerprint density at radius 3 is 3.06 bits per heavy atom. The number of amides is 1. The molecule has 0 spiro atoms. The minimum atomic E-state index is -0.00320. The molecule has 1 amide bonds. The van der Waals surface area contributed by atoms with Gasteiger partial charge in [-0.2, -0.15) is 0 Å². The Morgan fingerprint density at radius 1 is 1.65 bits per heavy atom. The fourth-order valence-corrected chi connectivity index (χ4v) is 1.58. The summed E-state index contributed by atoms with van der Waals surface area (Å²) in [5.74, 6) is 0.826. The number of nitrogens with two attached hydrogens (primary N) is 1. The van der Waals surface area contributed by atoms with E-state index in [1.54, 1.807) is 6.33 Å². The number of nitrogens with one attached hydrogen (secondary N) is 1. The summed E-state index contributed by atoms with van der Waals surface area (Å²) >= 11 is 0. The van der Waals surface area contributed by atoms with Gasteiger partial charge in [-0.05, 0) is 26.3 Å². The lowest BCUT2D eigenvalue weighted by molar-refractivity contribution is -0.124. The van der Waals surface area contributed by atoms with Crippen molar-refractivity contribution in [1.82, 2.24) is 20.1 Å². The van der Waals surface area contributed by atoms with Crippen LogP contribution in [0.4, 0.5) is 0 Å². The molecule has 0 aromatic carbocycles. The molecule has 0 aliphatic carbocycles. The van der Waals surface area contributed by atoms with Crippen LogP contribution in [0, 0.1) is 5.92 Å². The highest BCUT2D eigenvalue weighted by molar-refractivity contribution is 5.78. The van der Waals surface area contributed by atoms with Crippen molar-refractivity contribution in [2.45, 2.75) is 39.8 Å². The van der Waals surface area contributed by atoms with Crippen LogP contribution in [-0.2, 0) is 17.9 Å². The maximum absolute atomic E-state index is 11.7. The third-order valence-corrected chi connectivity index (χ3v) is 2.75. The highest BCUT2D eigenvalue weighted by Crippen LogP contribution is 2.05. The Balaban J connectivity index is 2.37. The van der Waals surface area contributed by atoms with Gasteiger partial charge in [0.1, 0.15) is 6.33 Å². The lowest BCUT2D eigenvalue weighted by Gasteiger charge is -2.11. The third-order valence-electron chi connectivity index (χ3n) is 2.75. The molecule has 0 bridgehead atoms. The Labute approximate surface area is 102 Å². The monoisotopic (exact) mass is 239 g/mol. The standard InChI is InChI=1S/C11H21N5O/c1-3-16-8-14-15-10(16)7-13-11(17)9(2)5-4-6-12/h8-9H,3-7,12H2,1-2H3,(H,13,17). The van der Waals surface area contributed by atoms with E-state index in [1.807, 2.05) is 18.4 Å². The van der Waals surface area contributed by atoms with Crippen LogP contribution < -0.4 is 11.1 Å². The molecule has 1 aromatic rings. The number of rotatable bonds is 7. The lowest BCUT2D eigenvalue weighted by Crippen LogP contribution is -2.30. The Kier molecular flexibility index (Phi) is 5.62. The van der Waals surface area contributed by atoms with Crippen LogP contribution in [0.25, 0.3) is 0 Å². The molecule has 0 saturated carbocycles. The summed E-state index contributed by atoms with van der Waals surface area (Å²) in [7, 11) is 0. The molecular weight excluding hydrogens is 218 g/mol. The van der Waals surface area contributed by atoms with Gasteiger partial charge < -0.3 is 15.6 Å². The molecule has 3 N–H and O–H groups in total. The number of aryl methyl sites for hydroxylation is 1. The van der Waals surface area contributed by atoms with Gasteiger partial charge in [0.25, 0.3) is 0 Å². The van der Waals surface area contributed by atoms with Crippen LogP contribution in [0.3, 0.4) is 0 Å². The van der Waals surface area contributed by atoms with E-state index < -0.39 is 0 Å². The first kappa shape index (κ1) is 13.6. The summed E-state index contributed by atoms with van der Waals surface area (Å²) in [4.78, 5) is 11.7. The van der Waals surface area contributed by atoms with Crippen molar-refractivity contribution in [3.8, 4) is 0 Å². The largest absolute Gasteiger partial charge is 0.349 e. The van der Waals surface area contributed by atoms with Crippen LogP contribution in [0.1, 0.15) is 32.5 Å². The van der Waals surface area contributed by atoms with Crippen molar-refractivity contribution in [3.63, 3.8) is 0 Å². The number of hydrogen-bond donors (Lipinski definition) is 2. The van der Waals surface area contributed by atoms with Crippen molar-refractivity contribution in [2.75, 3.05) is 6.54 Å². The van der Waals surface area contributed by atoms with Crippen LogP contribution >= 0.6 is 0 Å². The van der Waals surface area contributed by atoms with Crippen molar-refractivity contribution < 1.29 is 4.79 Å². The first-order chi connectivity index (χ1) is 8.19. The van der Waals surface area contributed by atoms with Gasteiger partial charge in [0.2, 0.25) is 5.91 Å². The van der Waals surface area contributed by atoms with Crippen molar-refractivity contribution in [3.05, 3.63) is 12.2 Å². The maximum atomic E-state index is 11.7. The van der Waals surface area contributed by atoms with Crippen LogP contribution in [0.5, 0.6) is 0 Å². The second kappa shape index (κ2) is 7.01. The van der Waals surface area contributed by atoms with Gasteiger partial charge in [-0.3, -0.25) is 4.79 Å². The quantitative estimate of drug-likeness (QED) is 0.716. The molecule has 17 heavy (non-hydrogen) atoms. The Morgan fingerprint density at radius 2 is 2.41 bits per heavy atom. The smallest absolute Gasteiger partial charge is 0.223 e. The molecule has 0 fully saturated rings. The van der Waals surface area contributed by atoms with E-state index in [9.17, 15) is 4.79 Å². The Bertz CT molecular complexity index is 349. The minimum Gasteiger partial charge on any atom is -0.349 e. The zero-order chi connectivity index (χ0) is 12.7. The van der Waals surface area contributed by atoms with E-state index in [0.717, 1.165) is 25.2 Å². The number of carbonyl (C=O) groups is 1. The molecule has 1 atom stereocenters. The van der Waals surface area contributed by atoms with Gasteiger partial charge in [0, 0.05) is 12.5 Å². The summed E-state index contributed by atoms with van der Waals surface area (Å²) in [6.07, 6.45) is 3.36. The molecule has 1 unspecified atom stereocenters. The van der Waals surface area contributed by atoms with E-state index in [2.05, 4.69) is 15.5 Å². The van der Waals surface area contributed by atoms with Gasteiger partial charge in [-0.15, -0.1) is 10.2 Å². The fraction of sp³-hybridized carbons (Fsp3) is 0.727. The van der Waals surface area contributed by atoms with E-state index in [0.29, 0.717) is 13.1 Å². The van der Waals surface area contributed by atoms with Gasteiger partial charge in [-0.25, -0.2) is 0 Å². The van der Waals surface area contributed by atoms with Crippen molar-refractivity contribution in [1.29, 1.82) is 0 Å². The normalized spacial score (nSPS) is 12.4. The minimum absolute atomic E-state index is 0.00320. The average molecular weight is 239 g/mol. The summed E-state index contributed by atoms with van der Waals surface area (Å²) in [5.41, 5.74) is 5.41. The summed E-state index contributed by atoms with van der Waals surface area (Å²) < 4.78 is 1.91. The van der Waals surface area contributed by atoms with E-state index in [1.165, 1.54) is 0 Å². The zero-order valence-electron chi connectivity index (χ0n) is 10.5. The molecule has 0 aliphatic heterocycles. The first-order valence-corrected chi connectivity index (χ1v) is 6.03. The van der Waals surface area contributed by atoms with E-state index >= 15 is 0 Å². The predicted octanol–water partition coefficient (Wildman–Crippen LogP) is 0.289. The van der Waals surface area contributed by atoms with Crippen LogP contribution in [-0.4, -0.2) is 27.2 Å². The molecule has 1 heterocycles. The van der Waals surface area contributed by atoms with E-state index in [-0.39, 0.29) is 11.8 Å². The molecular formula is C11H21N5O. The fourth-order valence-electron chi connectivity index (χ4n) is 1.58. The molecule has 96 valence electrons. The van der Waals surface area contributed by atoms with Gasteiger partial charge >= 0.3 is 0 Å². The van der Waals surface area contributed by atoms with Gasteiger partial charge in [0.15, 0.2) is 5.82 Å². The average Bonchev–Trinajstić information content (AvgIpc) is 2.80. The lowest BCUT2D eigenvalue weighted by atomic mass is 10.1. The highest BCUT2D eigenvalue weighted by atomic mass is 16.1. The molecule has 6 heteroatoms. The number of nitrogens with zero attached hydrogens (tertiary/aromatic N) is 3. The molecule has 0 radical (unpaired) electrons. The number of hydrogen-bond acceptors (Lipinski definition) is 4. The SMILES string of the molecule is CCn1cnnc1CNC(=O)C(C)CCCN. The summed E-state index contributed by atoms with van der Waals surface area (Å²) in [6, 6.07) is 0. The van der Waals surface area contributed by atoms with Gasteiger partial charge in [-0.1, -0.05) is 6.92 Å². The third kappa shape index (κ3) is 4.14. The molecule has 0 aliphatic rings. The molecule has 6 nitrogen and oxygen atoms in total. The molecule has 0 saturated heterocycles. The zero-order valence-corrected chi connectivity index (χ0v) is 10.5. The van der Waals surface area contributed by atoms with E-state index in [4.69, 9.17) is 5.73 Å². The van der Waals surface area contributed by atoms with Crippen LogP contribution in [0.15, 0.2) is 6.33 Å². The highest BCUT2D eigenvalue weighted by Gasteiger charge is 2.12. The van der Waals surface area contributed by atoms with Crippen molar-refractivity contribution in [2.24, 2.45) is 11.7 Å². The van der Waals surface area contributed by atoms with Gasteiger partial charge in [0.05, 0.1) is 6.54 Å². The first-order valence-electron chi connectivity index (χ1n) is 6.03. The predicted molar refractivity (Wildman–Crippen MR) is 65.0 cm³/mol. The van der Waals surface area contributed by atoms with Crippen molar-refractivity contribution >= 4 is 5.91 Å². The Hall–Kier alpha value is -1.43. The van der Waals surface area contributed by atoms with Crippen LogP contribution in [0.2, 0.25) is 0 Å². The topological polar surface area (TPSA) is 85.8 Å². The molecule has 1 rings (SSSR count).